The highest BCUT2D eigenvalue weighted by molar-refractivity contribution is 5.28. The van der Waals surface area contributed by atoms with Gasteiger partial charge in [-0.3, -0.25) is 4.68 Å². The third kappa shape index (κ3) is 3.01. The zero-order valence-electron chi connectivity index (χ0n) is 9.71. The van der Waals surface area contributed by atoms with E-state index in [4.69, 9.17) is 4.74 Å². The molecule has 2 rings (SSSR count). The van der Waals surface area contributed by atoms with E-state index in [0.29, 0.717) is 6.54 Å². The third-order valence-electron chi connectivity index (χ3n) is 2.57. The first-order valence-electron chi connectivity index (χ1n) is 5.48. The molecule has 4 heteroatoms. The molecule has 0 aliphatic carbocycles. The van der Waals surface area contributed by atoms with Crippen LogP contribution >= 0.6 is 0 Å². The fourth-order valence-electron chi connectivity index (χ4n) is 1.58. The Bertz CT molecular complexity index is 437. The van der Waals surface area contributed by atoms with Gasteiger partial charge in [0.25, 0.3) is 0 Å². The Balaban J connectivity index is 1.92. The van der Waals surface area contributed by atoms with Crippen molar-refractivity contribution in [3.05, 3.63) is 54.4 Å². The first-order chi connectivity index (χ1) is 8.29. The summed E-state index contributed by atoms with van der Waals surface area (Å²) in [7, 11) is 1.62. The molecule has 0 fully saturated rings. The molecule has 0 spiro atoms. The van der Waals surface area contributed by atoms with E-state index in [1.165, 1.54) is 0 Å². The molecule has 0 saturated carbocycles. The first-order valence-corrected chi connectivity index (χ1v) is 5.48. The summed E-state index contributed by atoms with van der Waals surface area (Å²) in [4.78, 5) is 0. The van der Waals surface area contributed by atoms with Crippen LogP contribution in [0.4, 0.5) is 0 Å². The summed E-state index contributed by atoms with van der Waals surface area (Å²) in [6.07, 6.45) is 3.24. The Morgan fingerprint density at radius 3 is 2.47 bits per heavy atom. The van der Waals surface area contributed by atoms with Gasteiger partial charge in [-0.25, -0.2) is 0 Å². The first kappa shape index (κ1) is 11.5. The van der Waals surface area contributed by atoms with Gasteiger partial charge < -0.3 is 15.3 Å². The van der Waals surface area contributed by atoms with Gasteiger partial charge in [0.2, 0.25) is 0 Å². The largest absolute Gasteiger partial charge is 0.497 e. The van der Waals surface area contributed by atoms with Gasteiger partial charge in [-0.15, -0.1) is 0 Å². The van der Waals surface area contributed by atoms with Crippen LogP contribution in [0.25, 0.3) is 0 Å². The van der Waals surface area contributed by atoms with E-state index in [1.54, 1.807) is 7.11 Å². The predicted molar refractivity (Wildman–Crippen MR) is 66.6 cm³/mol. The molecular formula is C13H16N2O2. The van der Waals surface area contributed by atoms with Crippen LogP contribution in [0.2, 0.25) is 0 Å². The van der Waals surface area contributed by atoms with E-state index in [2.05, 4.69) is 5.43 Å². The minimum Gasteiger partial charge on any atom is -0.497 e. The van der Waals surface area contributed by atoms with Crippen molar-refractivity contribution in [2.75, 3.05) is 19.1 Å². The zero-order chi connectivity index (χ0) is 12.1. The number of benzene rings is 1. The van der Waals surface area contributed by atoms with Crippen molar-refractivity contribution < 1.29 is 9.84 Å². The molecule has 0 radical (unpaired) electrons. The van der Waals surface area contributed by atoms with E-state index in [1.807, 2.05) is 53.5 Å². The number of aliphatic hydroxyl groups is 1. The van der Waals surface area contributed by atoms with Gasteiger partial charge in [-0.1, -0.05) is 12.1 Å². The summed E-state index contributed by atoms with van der Waals surface area (Å²) in [5.41, 5.74) is 3.95. The summed E-state index contributed by atoms with van der Waals surface area (Å²) >= 11 is 0. The number of aliphatic hydroxyl groups excluding tert-OH is 1. The van der Waals surface area contributed by atoms with E-state index in [9.17, 15) is 5.11 Å². The van der Waals surface area contributed by atoms with Gasteiger partial charge in [0, 0.05) is 12.4 Å². The molecule has 1 aromatic carbocycles. The van der Waals surface area contributed by atoms with Crippen molar-refractivity contribution in [2.24, 2.45) is 0 Å². The van der Waals surface area contributed by atoms with Crippen molar-refractivity contribution in [3.63, 3.8) is 0 Å². The highest BCUT2D eigenvalue weighted by Crippen LogP contribution is 2.17. The van der Waals surface area contributed by atoms with Crippen molar-refractivity contribution in [1.29, 1.82) is 0 Å². The molecule has 2 aromatic rings. The fourth-order valence-corrected chi connectivity index (χ4v) is 1.58. The Hall–Kier alpha value is -1.94. The zero-order valence-corrected chi connectivity index (χ0v) is 9.71. The summed E-state index contributed by atoms with van der Waals surface area (Å²) in [5, 5.41) is 9.97. The molecule has 1 unspecified atom stereocenters. The second-order valence-corrected chi connectivity index (χ2v) is 3.74. The minimum absolute atomic E-state index is 0.459. The standard InChI is InChI=1S/C13H16N2O2/c1-17-12-6-4-11(5-7-12)13(16)10-14-15-8-2-3-9-15/h2-9,13-14,16H,10H2,1H3. The van der Waals surface area contributed by atoms with Gasteiger partial charge in [0.1, 0.15) is 5.75 Å². The van der Waals surface area contributed by atoms with Gasteiger partial charge in [-0.05, 0) is 29.8 Å². The van der Waals surface area contributed by atoms with E-state index in [-0.39, 0.29) is 0 Å². The lowest BCUT2D eigenvalue weighted by Gasteiger charge is -2.14. The van der Waals surface area contributed by atoms with Crippen molar-refractivity contribution in [1.82, 2.24) is 4.68 Å². The van der Waals surface area contributed by atoms with Gasteiger partial charge >= 0.3 is 0 Å². The lowest BCUT2D eigenvalue weighted by Crippen LogP contribution is -2.19. The Morgan fingerprint density at radius 1 is 1.24 bits per heavy atom. The smallest absolute Gasteiger partial charge is 0.118 e. The maximum absolute atomic E-state index is 9.97. The summed E-state index contributed by atoms with van der Waals surface area (Å²) < 4.78 is 6.88. The maximum Gasteiger partial charge on any atom is 0.118 e. The Kier molecular flexibility index (Phi) is 3.67. The van der Waals surface area contributed by atoms with E-state index >= 15 is 0 Å². The molecule has 0 aliphatic heterocycles. The molecule has 1 heterocycles. The SMILES string of the molecule is COc1ccc(C(O)CNn2cccc2)cc1. The Labute approximate surface area is 100 Å². The van der Waals surface area contributed by atoms with E-state index < -0.39 is 6.10 Å². The molecule has 0 aliphatic rings. The average Bonchev–Trinajstić information content (AvgIpc) is 2.89. The molecule has 90 valence electrons. The highest BCUT2D eigenvalue weighted by atomic mass is 16.5. The number of nitrogens with zero attached hydrogens (tertiary/aromatic N) is 1. The van der Waals surface area contributed by atoms with Crippen LogP contribution in [-0.2, 0) is 0 Å². The molecule has 2 N–H and O–H groups in total. The highest BCUT2D eigenvalue weighted by Gasteiger charge is 2.06. The number of rotatable bonds is 5. The second kappa shape index (κ2) is 5.41. The minimum atomic E-state index is -0.539. The average molecular weight is 232 g/mol. The second-order valence-electron chi connectivity index (χ2n) is 3.74. The molecule has 1 aromatic heterocycles. The predicted octanol–water partition coefficient (Wildman–Crippen LogP) is 1.77. The van der Waals surface area contributed by atoms with Crippen molar-refractivity contribution in [3.8, 4) is 5.75 Å². The number of aromatic nitrogens is 1. The van der Waals surface area contributed by atoms with Gasteiger partial charge in [-0.2, -0.15) is 0 Å². The summed E-state index contributed by atoms with van der Waals surface area (Å²) in [6.45, 7) is 0.459. The Morgan fingerprint density at radius 2 is 1.88 bits per heavy atom. The van der Waals surface area contributed by atoms with Crippen LogP contribution in [0.1, 0.15) is 11.7 Å². The molecule has 1 atom stereocenters. The molecule has 4 nitrogen and oxygen atoms in total. The molecule has 17 heavy (non-hydrogen) atoms. The fraction of sp³-hybridized carbons (Fsp3) is 0.231. The van der Waals surface area contributed by atoms with Gasteiger partial charge in [0.05, 0.1) is 19.8 Å². The number of methoxy groups -OCH3 is 1. The van der Waals surface area contributed by atoms with Gasteiger partial charge in [0.15, 0.2) is 0 Å². The summed E-state index contributed by atoms with van der Waals surface area (Å²) in [5.74, 6) is 0.791. The number of nitrogens with one attached hydrogen (secondary N) is 1. The third-order valence-corrected chi connectivity index (χ3v) is 2.57. The quantitative estimate of drug-likeness (QED) is 0.826. The monoisotopic (exact) mass is 232 g/mol. The topological polar surface area (TPSA) is 46.4 Å². The molecule has 0 amide bonds. The van der Waals surface area contributed by atoms with Crippen molar-refractivity contribution >= 4 is 0 Å². The van der Waals surface area contributed by atoms with Crippen LogP contribution in [-0.4, -0.2) is 23.4 Å². The van der Waals surface area contributed by atoms with Crippen LogP contribution in [0, 0.1) is 0 Å². The summed E-state index contributed by atoms with van der Waals surface area (Å²) in [6, 6.07) is 11.3. The van der Waals surface area contributed by atoms with Crippen LogP contribution in [0.15, 0.2) is 48.8 Å². The van der Waals surface area contributed by atoms with Crippen LogP contribution in [0.3, 0.4) is 0 Å². The lowest BCUT2D eigenvalue weighted by atomic mass is 10.1. The van der Waals surface area contributed by atoms with Crippen LogP contribution < -0.4 is 10.2 Å². The number of ether oxygens (including phenoxy) is 1. The van der Waals surface area contributed by atoms with E-state index in [0.717, 1.165) is 11.3 Å². The number of hydrogen-bond acceptors (Lipinski definition) is 3. The van der Waals surface area contributed by atoms with Crippen molar-refractivity contribution in [2.45, 2.75) is 6.10 Å². The lowest BCUT2D eigenvalue weighted by molar-refractivity contribution is 0.188. The van der Waals surface area contributed by atoms with Crippen LogP contribution in [0.5, 0.6) is 5.75 Å². The maximum atomic E-state index is 9.97. The molecule has 0 saturated heterocycles. The molecular weight excluding hydrogens is 216 g/mol. The molecule has 0 bridgehead atoms. The number of hydrogen-bond donors (Lipinski definition) is 2. The normalized spacial score (nSPS) is 12.1.